The lowest BCUT2D eigenvalue weighted by molar-refractivity contribution is -0.125. The standard InChI is InChI=1S/C17H28N2O2/c1-11(12(2)18)16(21)19-10-15(20)13-6-8-14(9-7-13)17(3,4)5/h6-9,11-12,15,20H,10,18H2,1-5H3,(H,19,21). The molecule has 4 nitrogen and oxygen atoms in total. The van der Waals surface area contributed by atoms with Crippen LogP contribution >= 0.6 is 0 Å². The Morgan fingerprint density at radius 1 is 1.24 bits per heavy atom. The molecule has 1 aromatic rings. The fourth-order valence-corrected chi connectivity index (χ4v) is 1.92. The first kappa shape index (κ1) is 17.7. The second-order valence-electron chi connectivity index (χ2n) is 6.78. The number of carbonyl (C=O) groups excluding carboxylic acids is 1. The first-order chi connectivity index (χ1) is 9.62. The van der Waals surface area contributed by atoms with Gasteiger partial charge in [-0.15, -0.1) is 0 Å². The molecule has 0 radical (unpaired) electrons. The molecule has 0 spiro atoms. The lowest BCUT2D eigenvalue weighted by Crippen LogP contribution is -2.40. The maximum absolute atomic E-state index is 11.8. The maximum atomic E-state index is 11.8. The molecule has 118 valence electrons. The molecule has 0 saturated heterocycles. The molecule has 0 saturated carbocycles. The molecule has 0 aliphatic carbocycles. The van der Waals surface area contributed by atoms with Crippen molar-refractivity contribution >= 4 is 5.91 Å². The molecule has 3 atom stereocenters. The fourth-order valence-electron chi connectivity index (χ4n) is 1.92. The van der Waals surface area contributed by atoms with E-state index in [9.17, 15) is 9.90 Å². The summed E-state index contributed by atoms with van der Waals surface area (Å²) in [7, 11) is 0. The van der Waals surface area contributed by atoms with E-state index < -0.39 is 6.10 Å². The number of aliphatic hydroxyl groups is 1. The van der Waals surface area contributed by atoms with Gasteiger partial charge in [0.25, 0.3) is 0 Å². The van der Waals surface area contributed by atoms with Gasteiger partial charge in [-0.05, 0) is 23.5 Å². The van der Waals surface area contributed by atoms with Crippen molar-refractivity contribution in [1.82, 2.24) is 5.32 Å². The predicted molar refractivity (Wildman–Crippen MR) is 85.9 cm³/mol. The van der Waals surface area contributed by atoms with E-state index in [2.05, 4.69) is 26.1 Å². The summed E-state index contributed by atoms with van der Waals surface area (Å²) in [6.07, 6.45) is -0.705. The topological polar surface area (TPSA) is 75.4 Å². The number of hydrogen-bond acceptors (Lipinski definition) is 3. The molecule has 0 fully saturated rings. The lowest BCUT2D eigenvalue weighted by Gasteiger charge is -2.21. The maximum Gasteiger partial charge on any atom is 0.224 e. The first-order valence-corrected chi connectivity index (χ1v) is 7.44. The largest absolute Gasteiger partial charge is 0.387 e. The molecule has 4 heteroatoms. The van der Waals surface area contributed by atoms with Crippen LogP contribution in [0.15, 0.2) is 24.3 Å². The number of aliphatic hydroxyl groups excluding tert-OH is 1. The van der Waals surface area contributed by atoms with E-state index in [1.165, 1.54) is 5.56 Å². The highest BCUT2D eigenvalue weighted by Gasteiger charge is 2.18. The van der Waals surface area contributed by atoms with Gasteiger partial charge in [0.15, 0.2) is 0 Å². The van der Waals surface area contributed by atoms with Gasteiger partial charge >= 0.3 is 0 Å². The third-order valence-electron chi connectivity index (χ3n) is 3.83. The van der Waals surface area contributed by atoms with E-state index >= 15 is 0 Å². The van der Waals surface area contributed by atoms with E-state index in [-0.39, 0.29) is 29.8 Å². The summed E-state index contributed by atoms with van der Waals surface area (Å²) in [6, 6.07) is 7.66. The van der Waals surface area contributed by atoms with Crippen molar-refractivity contribution in [3.8, 4) is 0 Å². The Morgan fingerprint density at radius 3 is 2.19 bits per heavy atom. The van der Waals surface area contributed by atoms with Gasteiger partial charge in [-0.2, -0.15) is 0 Å². The van der Waals surface area contributed by atoms with Crippen LogP contribution in [-0.4, -0.2) is 23.6 Å². The van der Waals surface area contributed by atoms with Crippen LogP contribution in [0.2, 0.25) is 0 Å². The minimum atomic E-state index is -0.705. The highest BCUT2D eigenvalue weighted by atomic mass is 16.3. The number of benzene rings is 1. The molecule has 0 aliphatic heterocycles. The third kappa shape index (κ3) is 5.14. The van der Waals surface area contributed by atoms with Gasteiger partial charge in [0.2, 0.25) is 5.91 Å². The summed E-state index contributed by atoms with van der Waals surface area (Å²) in [5.74, 6) is -0.393. The zero-order valence-electron chi connectivity index (χ0n) is 13.7. The smallest absolute Gasteiger partial charge is 0.224 e. The van der Waals surface area contributed by atoms with E-state index in [1.54, 1.807) is 13.8 Å². The molecular formula is C17H28N2O2. The van der Waals surface area contributed by atoms with Crippen LogP contribution in [-0.2, 0) is 10.2 Å². The Hall–Kier alpha value is -1.39. The van der Waals surface area contributed by atoms with Gasteiger partial charge < -0.3 is 16.2 Å². The zero-order valence-corrected chi connectivity index (χ0v) is 13.7. The second kappa shape index (κ2) is 7.05. The molecule has 1 aromatic carbocycles. The van der Waals surface area contributed by atoms with Gasteiger partial charge in [0.1, 0.15) is 0 Å². The summed E-state index contributed by atoms with van der Waals surface area (Å²) in [4.78, 5) is 11.8. The van der Waals surface area contributed by atoms with Gasteiger partial charge in [-0.3, -0.25) is 4.79 Å². The quantitative estimate of drug-likeness (QED) is 0.778. The molecule has 0 bridgehead atoms. The van der Waals surface area contributed by atoms with Crippen molar-refractivity contribution in [2.75, 3.05) is 6.54 Å². The van der Waals surface area contributed by atoms with Gasteiger partial charge in [-0.1, -0.05) is 52.0 Å². The highest BCUT2D eigenvalue weighted by Crippen LogP contribution is 2.23. The van der Waals surface area contributed by atoms with Crippen LogP contribution in [0.5, 0.6) is 0 Å². The Kier molecular flexibility index (Phi) is 5.93. The number of nitrogens with two attached hydrogens (primary N) is 1. The van der Waals surface area contributed by atoms with E-state index in [1.807, 2.05) is 24.3 Å². The van der Waals surface area contributed by atoms with Gasteiger partial charge in [0, 0.05) is 18.5 Å². The lowest BCUT2D eigenvalue weighted by atomic mass is 9.86. The monoisotopic (exact) mass is 292 g/mol. The molecule has 0 aromatic heterocycles. The van der Waals surface area contributed by atoms with Crippen LogP contribution in [0, 0.1) is 5.92 Å². The van der Waals surface area contributed by atoms with Crippen LogP contribution in [0.25, 0.3) is 0 Å². The van der Waals surface area contributed by atoms with Crippen LogP contribution < -0.4 is 11.1 Å². The third-order valence-corrected chi connectivity index (χ3v) is 3.83. The van der Waals surface area contributed by atoms with Crippen LogP contribution in [0.1, 0.15) is 51.8 Å². The minimum Gasteiger partial charge on any atom is -0.387 e. The first-order valence-electron chi connectivity index (χ1n) is 7.44. The van der Waals surface area contributed by atoms with Gasteiger partial charge in [-0.25, -0.2) is 0 Å². The molecule has 3 unspecified atom stereocenters. The molecule has 0 heterocycles. The molecule has 4 N–H and O–H groups in total. The summed E-state index contributed by atoms with van der Waals surface area (Å²) < 4.78 is 0. The fraction of sp³-hybridized carbons (Fsp3) is 0.588. The van der Waals surface area contributed by atoms with Crippen molar-refractivity contribution in [3.63, 3.8) is 0 Å². The normalized spacial score (nSPS) is 16.1. The van der Waals surface area contributed by atoms with Crippen molar-refractivity contribution in [1.29, 1.82) is 0 Å². The minimum absolute atomic E-state index is 0.0877. The average Bonchev–Trinajstić information content (AvgIpc) is 2.42. The predicted octanol–water partition coefficient (Wildman–Crippen LogP) is 2.12. The second-order valence-corrected chi connectivity index (χ2v) is 6.78. The summed E-state index contributed by atoms with van der Waals surface area (Å²) in [5, 5.41) is 12.9. The molecular weight excluding hydrogens is 264 g/mol. The van der Waals surface area contributed by atoms with Crippen LogP contribution in [0.4, 0.5) is 0 Å². The number of hydrogen-bond donors (Lipinski definition) is 3. The number of amides is 1. The van der Waals surface area contributed by atoms with E-state index in [0.717, 1.165) is 5.56 Å². The summed E-state index contributed by atoms with van der Waals surface area (Å²) in [5.41, 5.74) is 7.79. The van der Waals surface area contributed by atoms with Crippen LogP contribution in [0.3, 0.4) is 0 Å². The van der Waals surface area contributed by atoms with E-state index in [4.69, 9.17) is 5.73 Å². The van der Waals surface area contributed by atoms with Crippen molar-refractivity contribution in [2.45, 2.75) is 52.2 Å². The SMILES string of the molecule is CC(N)C(C)C(=O)NCC(O)c1ccc(C(C)(C)C)cc1. The Bertz CT molecular complexity index is 461. The highest BCUT2D eigenvalue weighted by molar-refractivity contribution is 5.78. The number of carbonyl (C=O) groups is 1. The summed E-state index contributed by atoms with van der Waals surface area (Å²) in [6.45, 7) is 10.2. The Balaban J connectivity index is 2.60. The Labute approximate surface area is 127 Å². The van der Waals surface area contributed by atoms with Crippen molar-refractivity contribution in [2.24, 2.45) is 11.7 Å². The molecule has 21 heavy (non-hydrogen) atoms. The van der Waals surface area contributed by atoms with E-state index in [0.29, 0.717) is 0 Å². The van der Waals surface area contributed by atoms with Crippen molar-refractivity contribution < 1.29 is 9.90 Å². The molecule has 1 amide bonds. The number of rotatable bonds is 5. The summed E-state index contributed by atoms with van der Waals surface area (Å²) >= 11 is 0. The number of nitrogens with one attached hydrogen (secondary N) is 1. The zero-order chi connectivity index (χ0) is 16.2. The average molecular weight is 292 g/mol. The van der Waals surface area contributed by atoms with Crippen molar-refractivity contribution in [3.05, 3.63) is 35.4 Å². The Morgan fingerprint density at radius 2 is 1.76 bits per heavy atom. The molecule has 1 rings (SSSR count). The van der Waals surface area contributed by atoms with Gasteiger partial charge in [0.05, 0.1) is 6.10 Å². The molecule has 0 aliphatic rings.